The van der Waals surface area contributed by atoms with Gasteiger partial charge in [0.2, 0.25) is 0 Å². The molecule has 2 unspecified atom stereocenters. The van der Waals surface area contributed by atoms with Crippen LogP contribution in [0, 0.1) is 0 Å². The summed E-state index contributed by atoms with van der Waals surface area (Å²) in [6.45, 7) is 10.5. The van der Waals surface area contributed by atoms with Gasteiger partial charge in [0.25, 0.3) is 0 Å². The number of hydrogen-bond donors (Lipinski definition) is 0. The lowest BCUT2D eigenvalue weighted by Gasteiger charge is -2.27. The van der Waals surface area contributed by atoms with Crippen molar-refractivity contribution in [2.45, 2.75) is 50.8 Å². The lowest BCUT2D eigenvalue weighted by Crippen LogP contribution is -2.51. The summed E-state index contributed by atoms with van der Waals surface area (Å²) in [7, 11) is 3.85. The van der Waals surface area contributed by atoms with Crippen molar-refractivity contribution in [2.24, 2.45) is 0 Å². The molecule has 0 radical (unpaired) electrons. The number of alkyl halides is 1. The highest BCUT2D eigenvalue weighted by Crippen LogP contribution is 2.19. The molecule has 152 valence electrons. The fourth-order valence-electron chi connectivity index (χ4n) is 2.12. The largest absolute Gasteiger partial charge is 0.518 e. The van der Waals surface area contributed by atoms with Crippen LogP contribution in [0.3, 0.4) is 0 Å². The Balaban J connectivity index is 0. The van der Waals surface area contributed by atoms with E-state index in [-0.39, 0.29) is 10.7 Å². The minimum absolute atomic E-state index is 0.131. The van der Waals surface area contributed by atoms with Crippen LogP contribution in [0.1, 0.15) is 40.0 Å². The maximum Gasteiger partial charge on any atom is 0.518 e. The molecule has 0 rings (SSSR count). The third-order valence-corrected chi connectivity index (χ3v) is 9.54. The molecule has 0 saturated carbocycles. The van der Waals surface area contributed by atoms with Crippen molar-refractivity contribution in [2.75, 3.05) is 42.2 Å². The Bertz CT molecular complexity index is 319. The highest BCUT2D eigenvalue weighted by molar-refractivity contribution is 6.71. The van der Waals surface area contributed by atoms with E-state index >= 15 is 0 Å². The average Bonchev–Trinajstić information content (AvgIpc) is 2.62. The van der Waals surface area contributed by atoms with E-state index in [9.17, 15) is 0 Å². The normalized spacial score (nSPS) is 14.0. The summed E-state index contributed by atoms with van der Waals surface area (Å²) in [4.78, 5) is 0. The van der Waals surface area contributed by atoms with E-state index in [1.165, 1.54) is 0 Å². The van der Waals surface area contributed by atoms with Gasteiger partial charge in [0.1, 0.15) is 5.00 Å². The molecule has 0 N–H and O–H groups in total. The van der Waals surface area contributed by atoms with Crippen LogP contribution in [0.5, 0.6) is 0 Å². The molecule has 0 aliphatic heterocycles. The van der Waals surface area contributed by atoms with Crippen LogP contribution in [0.25, 0.3) is 0 Å². The van der Waals surface area contributed by atoms with Gasteiger partial charge in [-0.1, -0.05) is 32.4 Å². The number of ether oxygens (including phenoxy) is 1. The van der Waals surface area contributed by atoms with E-state index in [0.29, 0.717) is 6.61 Å². The summed E-state index contributed by atoms with van der Waals surface area (Å²) < 4.78 is 31.8. The molecule has 0 aromatic heterocycles. The van der Waals surface area contributed by atoms with Gasteiger partial charge >= 0.3 is 18.1 Å². The highest BCUT2D eigenvalue weighted by atomic mass is 35.5. The molecular formula is C16H37ClO6Si2. The van der Waals surface area contributed by atoms with E-state index in [1.807, 2.05) is 13.8 Å². The Hall–Kier alpha value is 0.224. The van der Waals surface area contributed by atoms with Crippen molar-refractivity contribution in [1.82, 2.24) is 0 Å². The predicted octanol–water partition coefficient (Wildman–Crippen LogP) is 3.22. The maximum atomic E-state index is 5.98. The van der Waals surface area contributed by atoms with Crippen molar-refractivity contribution < 1.29 is 26.9 Å². The van der Waals surface area contributed by atoms with Gasteiger partial charge in [-0.3, -0.25) is 0 Å². The second-order valence-electron chi connectivity index (χ2n) is 5.53. The van der Waals surface area contributed by atoms with Crippen LogP contribution in [0.4, 0.5) is 0 Å². The quantitative estimate of drug-likeness (QED) is 0.261. The van der Waals surface area contributed by atoms with Crippen molar-refractivity contribution in [3.63, 3.8) is 0 Å². The van der Waals surface area contributed by atoms with Gasteiger partial charge in [-0.05, 0) is 19.8 Å². The van der Waals surface area contributed by atoms with Crippen LogP contribution in [0.2, 0.25) is 0 Å². The molecule has 0 heterocycles. The van der Waals surface area contributed by atoms with Gasteiger partial charge in [0.15, 0.2) is 0 Å². The minimum atomic E-state index is -2.56. The topological polar surface area (TPSA) is 55.4 Å². The Labute approximate surface area is 161 Å². The van der Waals surface area contributed by atoms with Gasteiger partial charge in [-0.25, -0.2) is 0 Å². The monoisotopic (exact) mass is 416 g/mol. The summed E-state index contributed by atoms with van der Waals surface area (Å²) in [5, 5.41) is -0.164. The zero-order valence-corrected chi connectivity index (χ0v) is 20.0. The molecule has 0 aromatic carbocycles. The van der Waals surface area contributed by atoms with Crippen molar-refractivity contribution in [3.8, 4) is 0 Å². The van der Waals surface area contributed by atoms with Gasteiger partial charge < -0.3 is 26.9 Å². The lowest BCUT2D eigenvalue weighted by atomic mass is 10.3. The van der Waals surface area contributed by atoms with Crippen LogP contribution in [-0.4, -0.2) is 71.0 Å². The maximum absolute atomic E-state index is 5.98. The van der Waals surface area contributed by atoms with Crippen LogP contribution in [0.15, 0.2) is 12.2 Å². The fourth-order valence-corrected chi connectivity index (χ4v) is 6.34. The standard InChI is InChI=1S/C10H22O3Si.C6H15ClO3Si/c1-6-7-10(13-8-9(2)3)14(11-4)12-5;1-5-6(7)11(8-2,9-3)10-4/h10,14H,2,6-8H2,1,3-5H3;6H,5H2,1-4H3. The van der Waals surface area contributed by atoms with E-state index in [1.54, 1.807) is 35.5 Å². The van der Waals surface area contributed by atoms with Crippen molar-refractivity contribution in [3.05, 3.63) is 12.2 Å². The third kappa shape index (κ3) is 10.8. The zero-order chi connectivity index (χ0) is 19.9. The van der Waals surface area contributed by atoms with Crippen LogP contribution in [-0.2, 0) is 26.9 Å². The summed E-state index contributed by atoms with van der Waals surface area (Å²) in [6.07, 6.45) is 2.85. The second kappa shape index (κ2) is 16.4. The smallest absolute Gasteiger partial charge is 0.398 e. The lowest BCUT2D eigenvalue weighted by molar-refractivity contribution is 0.0795. The van der Waals surface area contributed by atoms with E-state index < -0.39 is 18.1 Å². The number of hydrogen-bond acceptors (Lipinski definition) is 6. The molecule has 0 spiro atoms. The number of rotatable bonds is 13. The van der Waals surface area contributed by atoms with Gasteiger partial charge in [-0.2, -0.15) is 0 Å². The summed E-state index contributed by atoms with van der Waals surface area (Å²) >= 11 is 5.98. The first-order valence-electron chi connectivity index (χ1n) is 8.43. The van der Waals surface area contributed by atoms with Gasteiger partial charge in [0.05, 0.1) is 12.3 Å². The van der Waals surface area contributed by atoms with Crippen LogP contribution < -0.4 is 0 Å². The summed E-state index contributed by atoms with van der Waals surface area (Å²) in [5.41, 5.74) is 1.16. The molecule has 0 bridgehead atoms. The first kappa shape index (κ1) is 27.4. The molecule has 0 fully saturated rings. The summed E-state index contributed by atoms with van der Waals surface area (Å²) in [6, 6.07) is 0. The molecule has 0 aromatic rings. The Morgan fingerprint density at radius 1 is 1.04 bits per heavy atom. The molecular weight excluding hydrogens is 380 g/mol. The molecule has 2 atom stereocenters. The molecule has 0 amide bonds. The first-order chi connectivity index (χ1) is 11.8. The summed E-state index contributed by atoms with van der Waals surface area (Å²) in [5.74, 6) is 0. The number of halogens is 1. The fraction of sp³-hybridized carbons (Fsp3) is 0.875. The first-order valence-corrected chi connectivity index (χ1v) is 12.3. The molecule has 9 heteroatoms. The molecule has 0 aliphatic carbocycles. The van der Waals surface area contributed by atoms with E-state index in [4.69, 9.17) is 38.5 Å². The zero-order valence-electron chi connectivity index (χ0n) is 17.1. The van der Waals surface area contributed by atoms with Crippen molar-refractivity contribution in [1.29, 1.82) is 0 Å². The highest BCUT2D eigenvalue weighted by Gasteiger charge is 2.45. The van der Waals surface area contributed by atoms with Gasteiger partial charge in [-0.15, -0.1) is 11.6 Å². The Morgan fingerprint density at radius 3 is 1.76 bits per heavy atom. The molecule has 0 saturated heterocycles. The molecule has 6 nitrogen and oxygen atoms in total. The predicted molar refractivity (Wildman–Crippen MR) is 107 cm³/mol. The van der Waals surface area contributed by atoms with Crippen molar-refractivity contribution >= 4 is 29.7 Å². The van der Waals surface area contributed by atoms with Crippen LogP contribution >= 0.6 is 11.6 Å². The van der Waals surface area contributed by atoms with E-state index in [0.717, 1.165) is 24.8 Å². The van der Waals surface area contributed by atoms with E-state index in [2.05, 4.69) is 13.5 Å². The SMILES string of the molecule is C=C(C)COC(CCC)[SiH](OC)OC.CCC(Cl)[Si](OC)(OC)OC. The second-order valence-corrected chi connectivity index (χ2v) is 12.0. The van der Waals surface area contributed by atoms with Gasteiger partial charge in [0, 0.05) is 35.5 Å². The third-order valence-electron chi connectivity index (χ3n) is 3.48. The molecule has 0 aliphatic rings. The Kier molecular flexibility index (Phi) is 18.0. The Morgan fingerprint density at radius 2 is 1.52 bits per heavy atom. The molecule has 25 heavy (non-hydrogen) atoms. The minimum Gasteiger partial charge on any atom is -0.398 e. The average molecular weight is 417 g/mol.